The average molecular weight is 239 g/mol. The highest BCUT2D eigenvalue weighted by Crippen LogP contribution is 2.27. The quantitative estimate of drug-likeness (QED) is 0.705. The van der Waals surface area contributed by atoms with Crippen LogP contribution in [0.15, 0.2) is 0 Å². The van der Waals surface area contributed by atoms with Gasteiger partial charge in [0.1, 0.15) is 0 Å². The number of carbonyl (C=O) groups excluding carboxylic acids is 1. The number of likely N-dealkylation sites (tertiary alicyclic amines) is 1. The summed E-state index contributed by atoms with van der Waals surface area (Å²) in [7, 11) is 0. The van der Waals surface area contributed by atoms with E-state index < -0.39 is 0 Å². The van der Waals surface area contributed by atoms with Crippen molar-refractivity contribution < 1.29 is 4.79 Å². The SMILES string of the molecule is CCC(C)(C(=O)CCC(C)C)N1CCCCC1. The zero-order chi connectivity index (χ0) is 12.9. The predicted molar refractivity (Wildman–Crippen MR) is 73.2 cm³/mol. The molecule has 2 nitrogen and oxygen atoms in total. The molecule has 1 atom stereocenters. The van der Waals surface area contributed by atoms with E-state index in [2.05, 4.69) is 32.6 Å². The molecule has 1 fully saturated rings. The van der Waals surface area contributed by atoms with Crippen LogP contribution in [0.3, 0.4) is 0 Å². The van der Waals surface area contributed by atoms with Gasteiger partial charge in [0, 0.05) is 6.42 Å². The third-order valence-electron chi connectivity index (χ3n) is 4.29. The lowest BCUT2D eigenvalue weighted by atomic mass is 9.85. The van der Waals surface area contributed by atoms with Crippen molar-refractivity contribution >= 4 is 5.78 Å². The van der Waals surface area contributed by atoms with Gasteiger partial charge in [0.15, 0.2) is 5.78 Å². The Balaban J connectivity index is 2.61. The molecular formula is C15H29NO. The lowest BCUT2D eigenvalue weighted by molar-refractivity contribution is -0.131. The Morgan fingerprint density at radius 1 is 1.24 bits per heavy atom. The Kier molecular flexibility index (Phi) is 5.64. The van der Waals surface area contributed by atoms with Gasteiger partial charge in [-0.15, -0.1) is 0 Å². The van der Waals surface area contributed by atoms with Crippen molar-refractivity contribution in [2.45, 2.75) is 71.8 Å². The second kappa shape index (κ2) is 6.53. The van der Waals surface area contributed by atoms with E-state index in [1.54, 1.807) is 0 Å². The van der Waals surface area contributed by atoms with Crippen LogP contribution in [0, 0.1) is 5.92 Å². The maximum Gasteiger partial charge on any atom is 0.152 e. The predicted octanol–water partition coefficient (Wildman–Crippen LogP) is 3.65. The highest BCUT2D eigenvalue weighted by atomic mass is 16.1. The van der Waals surface area contributed by atoms with Crippen molar-refractivity contribution in [3.8, 4) is 0 Å². The molecule has 0 N–H and O–H groups in total. The summed E-state index contributed by atoms with van der Waals surface area (Å²) >= 11 is 0. The normalized spacial score (nSPS) is 21.5. The topological polar surface area (TPSA) is 20.3 Å². The molecule has 0 aliphatic carbocycles. The van der Waals surface area contributed by atoms with E-state index >= 15 is 0 Å². The van der Waals surface area contributed by atoms with Gasteiger partial charge in [-0.2, -0.15) is 0 Å². The third-order valence-corrected chi connectivity index (χ3v) is 4.29. The van der Waals surface area contributed by atoms with Gasteiger partial charge in [0.25, 0.3) is 0 Å². The first kappa shape index (κ1) is 14.7. The van der Waals surface area contributed by atoms with Crippen LogP contribution >= 0.6 is 0 Å². The van der Waals surface area contributed by atoms with E-state index in [-0.39, 0.29) is 5.54 Å². The molecule has 2 heteroatoms. The molecule has 0 spiro atoms. The fraction of sp³-hybridized carbons (Fsp3) is 0.933. The number of piperidine rings is 1. The molecule has 100 valence electrons. The van der Waals surface area contributed by atoms with E-state index in [1.807, 2.05) is 0 Å². The second-order valence-electron chi connectivity index (χ2n) is 6.03. The van der Waals surface area contributed by atoms with E-state index in [0.717, 1.165) is 32.4 Å². The zero-order valence-corrected chi connectivity index (χ0v) is 12.1. The highest BCUT2D eigenvalue weighted by Gasteiger charge is 2.37. The van der Waals surface area contributed by atoms with Gasteiger partial charge in [-0.1, -0.05) is 27.2 Å². The van der Waals surface area contributed by atoms with Crippen LogP contribution in [0.4, 0.5) is 0 Å². The van der Waals surface area contributed by atoms with Gasteiger partial charge in [-0.25, -0.2) is 0 Å². The maximum atomic E-state index is 12.5. The molecule has 17 heavy (non-hydrogen) atoms. The van der Waals surface area contributed by atoms with Gasteiger partial charge in [-0.05, 0) is 51.6 Å². The number of rotatable bonds is 6. The lowest BCUT2D eigenvalue weighted by Crippen LogP contribution is -2.53. The Morgan fingerprint density at radius 2 is 1.82 bits per heavy atom. The molecular weight excluding hydrogens is 210 g/mol. The Bertz CT molecular complexity index is 243. The number of nitrogens with zero attached hydrogens (tertiary/aromatic N) is 1. The maximum absolute atomic E-state index is 12.5. The van der Waals surface area contributed by atoms with Gasteiger partial charge in [-0.3, -0.25) is 9.69 Å². The molecule has 0 aromatic heterocycles. The van der Waals surface area contributed by atoms with E-state index in [0.29, 0.717) is 11.7 Å². The number of Topliss-reactive ketones (excluding diaryl/α,β-unsaturated/α-hetero) is 1. The molecule has 1 saturated heterocycles. The van der Waals surface area contributed by atoms with Crippen LogP contribution in [-0.4, -0.2) is 29.3 Å². The monoisotopic (exact) mass is 239 g/mol. The molecule has 0 aromatic rings. The van der Waals surface area contributed by atoms with Crippen molar-refractivity contribution in [3.05, 3.63) is 0 Å². The van der Waals surface area contributed by atoms with Crippen LogP contribution in [0.1, 0.15) is 66.2 Å². The lowest BCUT2D eigenvalue weighted by Gasteiger charge is -2.42. The van der Waals surface area contributed by atoms with Crippen molar-refractivity contribution in [2.24, 2.45) is 5.92 Å². The number of ketones is 1. The Morgan fingerprint density at radius 3 is 2.29 bits per heavy atom. The number of carbonyl (C=O) groups is 1. The molecule has 0 saturated carbocycles. The molecule has 1 aliphatic heterocycles. The smallest absolute Gasteiger partial charge is 0.152 e. The van der Waals surface area contributed by atoms with E-state index in [4.69, 9.17) is 0 Å². The van der Waals surface area contributed by atoms with E-state index in [9.17, 15) is 4.79 Å². The second-order valence-corrected chi connectivity index (χ2v) is 6.03. The fourth-order valence-corrected chi connectivity index (χ4v) is 2.67. The van der Waals surface area contributed by atoms with Crippen molar-refractivity contribution in [3.63, 3.8) is 0 Å². The van der Waals surface area contributed by atoms with Crippen molar-refractivity contribution in [1.29, 1.82) is 0 Å². The molecule has 1 aliphatic rings. The van der Waals surface area contributed by atoms with Crippen LogP contribution in [0.25, 0.3) is 0 Å². The molecule has 1 heterocycles. The van der Waals surface area contributed by atoms with Gasteiger partial charge in [0.05, 0.1) is 5.54 Å². The first-order valence-corrected chi connectivity index (χ1v) is 7.29. The van der Waals surface area contributed by atoms with Crippen LogP contribution < -0.4 is 0 Å². The molecule has 0 radical (unpaired) electrons. The van der Waals surface area contributed by atoms with Gasteiger partial charge < -0.3 is 0 Å². The number of hydrogen-bond donors (Lipinski definition) is 0. The van der Waals surface area contributed by atoms with Gasteiger partial charge >= 0.3 is 0 Å². The largest absolute Gasteiger partial charge is 0.298 e. The molecule has 0 aromatic carbocycles. The fourth-order valence-electron chi connectivity index (χ4n) is 2.67. The minimum Gasteiger partial charge on any atom is -0.298 e. The summed E-state index contributed by atoms with van der Waals surface area (Å²) in [5.74, 6) is 1.08. The Hall–Kier alpha value is -0.370. The summed E-state index contributed by atoms with van der Waals surface area (Å²) in [6.07, 6.45) is 6.57. The molecule has 1 rings (SSSR count). The van der Waals surface area contributed by atoms with E-state index in [1.165, 1.54) is 19.3 Å². The molecule has 0 bridgehead atoms. The minimum absolute atomic E-state index is 0.199. The summed E-state index contributed by atoms with van der Waals surface area (Å²) in [5, 5.41) is 0. The summed E-state index contributed by atoms with van der Waals surface area (Å²) < 4.78 is 0. The van der Waals surface area contributed by atoms with Crippen molar-refractivity contribution in [2.75, 3.05) is 13.1 Å². The summed E-state index contributed by atoms with van der Waals surface area (Å²) in [6.45, 7) is 10.9. The zero-order valence-electron chi connectivity index (χ0n) is 12.1. The van der Waals surface area contributed by atoms with Crippen LogP contribution in [-0.2, 0) is 4.79 Å². The standard InChI is InChI=1S/C15H29NO/c1-5-15(4,14(17)10-9-13(2)3)16-11-7-6-8-12-16/h13H,5-12H2,1-4H3. The van der Waals surface area contributed by atoms with Crippen LogP contribution in [0.2, 0.25) is 0 Å². The Labute approximate surface area is 107 Å². The average Bonchev–Trinajstić information content (AvgIpc) is 2.35. The van der Waals surface area contributed by atoms with Crippen molar-refractivity contribution in [1.82, 2.24) is 4.90 Å². The third kappa shape index (κ3) is 3.80. The summed E-state index contributed by atoms with van der Waals surface area (Å²) in [6, 6.07) is 0. The summed E-state index contributed by atoms with van der Waals surface area (Å²) in [5.41, 5.74) is -0.199. The molecule has 0 amide bonds. The van der Waals surface area contributed by atoms with Gasteiger partial charge in [0.2, 0.25) is 0 Å². The summed E-state index contributed by atoms with van der Waals surface area (Å²) in [4.78, 5) is 14.9. The first-order valence-electron chi connectivity index (χ1n) is 7.29. The molecule has 1 unspecified atom stereocenters. The highest BCUT2D eigenvalue weighted by molar-refractivity contribution is 5.87. The minimum atomic E-state index is -0.199. The first-order chi connectivity index (χ1) is 8.00. The van der Waals surface area contributed by atoms with Crippen LogP contribution in [0.5, 0.6) is 0 Å². The number of hydrogen-bond acceptors (Lipinski definition) is 2.